The van der Waals surface area contributed by atoms with E-state index in [1.807, 2.05) is 23.7 Å². The van der Waals surface area contributed by atoms with Gasteiger partial charge in [0.1, 0.15) is 5.76 Å². The molecule has 2 aromatic heterocycles. The van der Waals surface area contributed by atoms with Crippen molar-refractivity contribution in [2.75, 3.05) is 6.61 Å². The fraction of sp³-hybridized carbons (Fsp3) is 0.529. The van der Waals surface area contributed by atoms with Crippen molar-refractivity contribution >= 4 is 6.03 Å². The number of hydrogen-bond acceptors (Lipinski definition) is 4. The van der Waals surface area contributed by atoms with E-state index in [4.69, 9.17) is 9.52 Å². The molecule has 24 heavy (non-hydrogen) atoms. The molecule has 0 aromatic carbocycles. The van der Waals surface area contributed by atoms with Crippen LogP contribution in [-0.2, 0) is 19.4 Å². The van der Waals surface area contributed by atoms with Crippen molar-refractivity contribution in [2.24, 2.45) is 0 Å². The number of furan rings is 1. The molecule has 0 bridgehead atoms. The van der Waals surface area contributed by atoms with Crippen LogP contribution in [0.3, 0.4) is 0 Å². The summed E-state index contributed by atoms with van der Waals surface area (Å²) < 4.78 is 7.14. The van der Waals surface area contributed by atoms with E-state index < -0.39 is 0 Å². The second-order valence-electron chi connectivity index (χ2n) is 6.24. The standard InChI is InChI=1S/C17H24N4O3/c1-12(10-13-4-3-9-24-13)19-17(23)20-15-5-2-6-16-14(15)11-18-21(16)7-8-22/h3-4,9,11-12,15,22H,2,5-8,10H2,1H3,(H2,19,20,23)/t12-,15+/m0/s1. The predicted molar refractivity (Wildman–Crippen MR) is 88.5 cm³/mol. The summed E-state index contributed by atoms with van der Waals surface area (Å²) in [5, 5.41) is 19.4. The number of amides is 2. The topological polar surface area (TPSA) is 92.3 Å². The lowest BCUT2D eigenvalue weighted by Crippen LogP contribution is -2.43. The summed E-state index contributed by atoms with van der Waals surface area (Å²) in [5.41, 5.74) is 2.17. The molecule has 2 atom stereocenters. The van der Waals surface area contributed by atoms with Crippen LogP contribution in [0.5, 0.6) is 0 Å². The predicted octanol–water partition coefficient (Wildman–Crippen LogP) is 1.78. The Balaban J connectivity index is 1.57. The quantitative estimate of drug-likeness (QED) is 0.752. The highest BCUT2D eigenvalue weighted by atomic mass is 16.3. The van der Waals surface area contributed by atoms with E-state index in [0.29, 0.717) is 13.0 Å². The number of urea groups is 1. The van der Waals surface area contributed by atoms with Crippen LogP contribution in [-0.4, -0.2) is 33.6 Å². The molecule has 0 saturated heterocycles. The number of carbonyl (C=O) groups is 1. The van der Waals surface area contributed by atoms with Gasteiger partial charge in [0.05, 0.1) is 31.7 Å². The number of hydrogen-bond donors (Lipinski definition) is 3. The molecule has 3 rings (SSSR count). The third kappa shape index (κ3) is 3.79. The monoisotopic (exact) mass is 332 g/mol. The molecule has 2 heterocycles. The van der Waals surface area contributed by atoms with Crippen LogP contribution >= 0.6 is 0 Å². The maximum absolute atomic E-state index is 12.3. The zero-order chi connectivity index (χ0) is 16.9. The van der Waals surface area contributed by atoms with Gasteiger partial charge >= 0.3 is 6.03 Å². The Bertz CT molecular complexity index is 665. The van der Waals surface area contributed by atoms with Crippen LogP contribution in [0.4, 0.5) is 4.79 Å². The molecule has 7 heteroatoms. The average Bonchev–Trinajstić information content (AvgIpc) is 3.18. The van der Waals surface area contributed by atoms with Crippen molar-refractivity contribution in [3.05, 3.63) is 41.6 Å². The first-order valence-electron chi connectivity index (χ1n) is 8.42. The summed E-state index contributed by atoms with van der Waals surface area (Å²) in [6, 6.07) is 3.52. The zero-order valence-corrected chi connectivity index (χ0v) is 13.9. The minimum atomic E-state index is -0.179. The molecule has 3 N–H and O–H groups in total. The van der Waals surface area contributed by atoms with Crippen LogP contribution in [0.15, 0.2) is 29.0 Å². The molecular formula is C17H24N4O3. The van der Waals surface area contributed by atoms with Crippen molar-refractivity contribution < 1.29 is 14.3 Å². The summed E-state index contributed by atoms with van der Waals surface area (Å²) in [6.45, 7) is 2.51. The lowest BCUT2D eigenvalue weighted by atomic mass is 9.93. The molecule has 0 aliphatic heterocycles. The second kappa shape index (κ2) is 7.53. The Kier molecular flexibility index (Phi) is 5.20. The van der Waals surface area contributed by atoms with E-state index in [9.17, 15) is 4.79 Å². The number of aromatic nitrogens is 2. The summed E-state index contributed by atoms with van der Waals surface area (Å²) in [6.07, 6.45) is 6.93. The Hall–Kier alpha value is -2.28. The largest absolute Gasteiger partial charge is 0.469 e. The van der Waals surface area contributed by atoms with E-state index in [-0.39, 0.29) is 24.7 Å². The smallest absolute Gasteiger partial charge is 0.315 e. The van der Waals surface area contributed by atoms with Crippen LogP contribution in [0, 0.1) is 0 Å². The zero-order valence-electron chi connectivity index (χ0n) is 13.9. The molecule has 1 aliphatic carbocycles. The number of rotatable bonds is 6. The van der Waals surface area contributed by atoms with Crippen LogP contribution < -0.4 is 10.6 Å². The van der Waals surface area contributed by atoms with Gasteiger partial charge in [0, 0.05) is 23.7 Å². The minimum absolute atomic E-state index is 0.0173. The number of nitrogens with zero attached hydrogens (tertiary/aromatic N) is 2. The summed E-state index contributed by atoms with van der Waals surface area (Å²) in [5.74, 6) is 0.855. The Morgan fingerprint density at radius 2 is 2.46 bits per heavy atom. The van der Waals surface area contributed by atoms with Crippen LogP contribution in [0.2, 0.25) is 0 Å². The number of aliphatic hydroxyl groups excluding tert-OH is 1. The van der Waals surface area contributed by atoms with E-state index in [2.05, 4.69) is 15.7 Å². The molecule has 2 aromatic rings. The van der Waals surface area contributed by atoms with Gasteiger partial charge in [-0.2, -0.15) is 5.10 Å². The van der Waals surface area contributed by atoms with Crippen molar-refractivity contribution in [3.8, 4) is 0 Å². The van der Waals surface area contributed by atoms with Crippen LogP contribution in [0.1, 0.15) is 42.8 Å². The highest BCUT2D eigenvalue weighted by Gasteiger charge is 2.25. The number of nitrogens with one attached hydrogen (secondary N) is 2. The average molecular weight is 332 g/mol. The van der Waals surface area contributed by atoms with Crippen molar-refractivity contribution in [2.45, 2.75) is 51.2 Å². The lowest BCUT2D eigenvalue weighted by Gasteiger charge is -2.25. The first-order chi connectivity index (χ1) is 11.7. The van der Waals surface area contributed by atoms with Gasteiger partial charge in [0.25, 0.3) is 0 Å². The maximum Gasteiger partial charge on any atom is 0.315 e. The van der Waals surface area contributed by atoms with E-state index in [1.165, 1.54) is 0 Å². The third-order valence-electron chi connectivity index (χ3n) is 4.34. The second-order valence-corrected chi connectivity index (χ2v) is 6.24. The van der Waals surface area contributed by atoms with Gasteiger partial charge in [0.2, 0.25) is 0 Å². The summed E-state index contributed by atoms with van der Waals surface area (Å²) in [4.78, 5) is 12.3. The molecule has 2 amide bonds. The molecular weight excluding hydrogens is 308 g/mol. The molecule has 7 nitrogen and oxygen atoms in total. The molecule has 0 saturated carbocycles. The Morgan fingerprint density at radius 3 is 3.21 bits per heavy atom. The van der Waals surface area contributed by atoms with Gasteiger partial charge in [-0.1, -0.05) is 0 Å². The molecule has 0 radical (unpaired) electrons. The normalized spacial score (nSPS) is 18.0. The van der Waals surface area contributed by atoms with Gasteiger partial charge < -0.3 is 20.2 Å². The molecule has 0 unspecified atom stereocenters. The van der Waals surface area contributed by atoms with Gasteiger partial charge in [-0.25, -0.2) is 4.79 Å². The Labute approximate surface area is 141 Å². The highest BCUT2D eigenvalue weighted by Crippen LogP contribution is 2.29. The van der Waals surface area contributed by atoms with Gasteiger partial charge in [0.15, 0.2) is 0 Å². The Morgan fingerprint density at radius 1 is 1.58 bits per heavy atom. The molecule has 0 spiro atoms. The number of fused-ring (bicyclic) bond motifs is 1. The van der Waals surface area contributed by atoms with E-state index in [1.54, 1.807) is 12.5 Å². The highest BCUT2D eigenvalue weighted by molar-refractivity contribution is 5.74. The molecule has 130 valence electrons. The number of carbonyl (C=O) groups excluding carboxylic acids is 1. The van der Waals surface area contributed by atoms with Crippen molar-refractivity contribution in [1.82, 2.24) is 20.4 Å². The third-order valence-corrected chi connectivity index (χ3v) is 4.34. The SMILES string of the molecule is C[C@@H](Cc1ccco1)NC(=O)N[C@@H]1CCCc2c1cnn2CCO. The maximum atomic E-state index is 12.3. The first kappa shape index (κ1) is 16.6. The van der Waals surface area contributed by atoms with E-state index >= 15 is 0 Å². The van der Waals surface area contributed by atoms with Gasteiger partial charge in [-0.15, -0.1) is 0 Å². The molecule has 1 aliphatic rings. The minimum Gasteiger partial charge on any atom is -0.469 e. The first-order valence-corrected chi connectivity index (χ1v) is 8.42. The van der Waals surface area contributed by atoms with Crippen molar-refractivity contribution in [3.63, 3.8) is 0 Å². The van der Waals surface area contributed by atoms with Crippen LogP contribution in [0.25, 0.3) is 0 Å². The summed E-state index contributed by atoms with van der Waals surface area (Å²) >= 11 is 0. The van der Waals surface area contributed by atoms with E-state index in [0.717, 1.165) is 36.3 Å². The summed E-state index contributed by atoms with van der Waals surface area (Å²) in [7, 11) is 0. The lowest BCUT2D eigenvalue weighted by molar-refractivity contribution is 0.231. The van der Waals surface area contributed by atoms with Gasteiger partial charge in [-0.05, 0) is 38.3 Å². The fourth-order valence-corrected chi connectivity index (χ4v) is 3.26. The fourth-order valence-electron chi connectivity index (χ4n) is 3.26. The van der Waals surface area contributed by atoms with Gasteiger partial charge in [-0.3, -0.25) is 4.68 Å². The molecule has 0 fully saturated rings. The number of aliphatic hydroxyl groups is 1. The van der Waals surface area contributed by atoms with Crippen molar-refractivity contribution in [1.29, 1.82) is 0 Å².